The highest BCUT2D eigenvalue weighted by molar-refractivity contribution is 6.30. The molecule has 182 valence electrons. The summed E-state index contributed by atoms with van der Waals surface area (Å²) in [5.74, 6) is -1.05. The van der Waals surface area contributed by atoms with Crippen LogP contribution in [0.25, 0.3) is 22.2 Å². The van der Waals surface area contributed by atoms with Gasteiger partial charge in [0.15, 0.2) is 6.10 Å². The first-order valence-corrected chi connectivity index (χ1v) is 11.9. The standard InChI is InChI=1S/C28H30ClN3O3/c1-16-18(3)32(15-19-8-7-13-30-14-19)26-22(16)24(20-9-11-21(29)12-10-20)23(17(2)31-26)25(27(33)34)35-28(4,5)6/h7-14,25H,15H2,1-6H3,(H,33,34). The maximum atomic E-state index is 12.5. The van der Waals surface area contributed by atoms with Gasteiger partial charge in [-0.3, -0.25) is 4.98 Å². The van der Waals surface area contributed by atoms with E-state index in [1.807, 2.05) is 70.3 Å². The van der Waals surface area contributed by atoms with E-state index in [0.29, 0.717) is 22.8 Å². The van der Waals surface area contributed by atoms with Crippen molar-refractivity contribution in [2.45, 2.75) is 59.8 Å². The molecular weight excluding hydrogens is 462 g/mol. The Balaban J connectivity index is 2.08. The minimum absolute atomic E-state index is 0.559. The first-order chi connectivity index (χ1) is 16.5. The molecule has 3 aromatic heterocycles. The van der Waals surface area contributed by atoms with Gasteiger partial charge < -0.3 is 14.4 Å². The smallest absolute Gasteiger partial charge is 0.337 e. The Morgan fingerprint density at radius 1 is 1.14 bits per heavy atom. The second-order valence-corrected chi connectivity index (χ2v) is 10.2. The number of carbonyl (C=O) groups is 1. The zero-order valence-corrected chi connectivity index (χ0v) is 21.6. The summed E-state index contributed by atoms with van der Waals surface area (Å²) in [5.41, 5.74) is 6.15. The molecule has 1 N–H and O–H groups in total. The van der Waals surface area contributed by atoms with Crippen LogP contribution in [-0.4, -0.2) is 31.2 Å². The largest absolute Gasteiger partial charge is 0.479 e. The molecule has 1 atom stereocenters. The molecule has 0 saturated carbocycles. The Hall–Kier alpha value is -3.22. The fourth-order valence-electron chi connectivity index (χ4n) is 4.49. The van der Waals surface area contributed by atoms with E-state index in [2.05, 4.69) is 23.4 Å². The van der Waals surface area contributed by atoms with Gasteiger partial charge in [-0.25, -0.2) is 9.78 Å². The highest BCUT2D eigenvalue weighted by Gasteiger charge is 2.33. The third-order valence-electron chi connectivity index (χ3n) is 6.14. The first kappa shape index (κ1) is 24.9. The van der Waals surface area contributed by atoms with Crippen LogP contribution in [0.5, 0.6) is 0 Å². The molecular formula is C28H30ClN3O3. The van der Waals surface area contributed by atoms with E-state index in [9.17, 15) is 9.90 Å². The Labute approximate surface area is 210 Å². The normalized spacial score (nSPS) is 12.8. The lowest BCUT2D eigenvalue weighted by Crippen LogP contribution is -2.28. The molecule has 0 fully saturated rings. The molecule has 0 spiro atoms. The summed E-state index contributed by atoms with van der Waals surface area (Å²) in [7, 11) is 0. The quantitative estimate of drug-likeness (QED) is 0.326. The first-order valence-electron chi connectivity index (χ1n) is 11.5. The van der Waals surface area contributed by atoms with Gasteiger partial charge in [0.2, 0.25) is 0 Å². The maximum Gasteiger partial charge on any atom is 0.337 e. The molecule has 0 bridgehead atoms. The van der Waals surface area contributed by atoms with Crippen molar-refractivity contribution in [2.24, 2.45) is 0 Å². The molecule has 4 rings (SSSR count). The van der Waals surface area contributed by atoms with Crippen molar-refractivity contribution in [1.29, 1.82) is 0 Å². The average molecular weight is 492 g/mol. The lowest BCUT2D eigenvalue weighted by atomic mass is 9.91. The summed E-state index contributed by atoms with van der Waals surface area (Å²) in [6.45, 7) is 12.1. The van der Waals surface area contributed by atoms with E-state index in [1.165, 1.54) is 0 Å². The van der Waals surface area contributed by atoms with Gasteiger partial charge in [0.1, 0.15) is 5.65 Å². The number of halogens is 1. The van der Waals surface area contributed by atoms with Crippen LogP contribution in [-0.2, 0) is 16.1 Å². The highest BCUT2D eigenvalue weighted by Crippen LogP contribution is 2.42. The van der Waals surface area contributed by atoms with Crippen molar-refractivity contribution in [1.82, 2.24) is 14.5 Å². The SMILES string of the molecule is Cc1nc2c(c(C)c(C)n2Cc2cccnc2)c(-c2ccc(Cl)cc2)c1C(OC(C)(C)C)C(=O)O. The van der Waals surface area contributed by atoms with E-state index in [0.717, 1.165) is 39.0 Å². The zero-order valence-electron chi connectivity index (χ0n) is 20.9. The number of rotatable bonds is 6. The van der Waals surface area contributed by atoms with Crippen LogP contribution in [0, 0.1) is 20.8 Å². The molecule has 1 aromatic carbocycles. The van der Waals surface area contributed by atoms with Gasteiger partial charge in [0.25, 0.3) is 0 Å². The summed E-state index contributed by atoms with van der Waals surface area (Å²) in [4.78, 5) is 21.7. The number of nitrogens with zero attached hydrogens (tertiary/aromatic N) is 3. The summed E-state index contributed by atoms with van der Waals surface area (Å²) in [6, 6.07) is 11.4. The molecule has 6 nitrogen and oxygen atoms in total. The van der Waals surface area contributed by atoms with Crippen LogP contribution < -0.4 is 0 Å². The number of aliphatic carboxylic acids is 1. The number of hydrogen-bond acceptors (Lipinski definition) is 4. The molecule has 0 aliphatic heterocycles. The number of benzene rings is 1. The topological polar surface area (TPSA) is 77.2 Å². The van der Waals surface area contributed by atoms with Gasteiger partial charge in [0.05, 0.1) is 12.1 Å². The average Bonchev–Trinajstić information content (AvgIpc) is 3.02. The number of hydrogen-bond donors (Lipinski definition) is 1. The van der Waals surface area contributed by atoms with Crippen LogP contribution >= 0.6 is 11.6 Å². The molecule has 1 unspecified atom stereocenters. The van der Waals surface area contributed by atoms with E-state index in [4.69, 9.17) is 21.3 Å². The molecule has 0 amide bonds. The Kier molecular flexibility index (Phi) is 6.71. The number of aromatic nitrogens is 3. The predicted molar refractivity (Wildman–Crippen MR) is 139 cm³/mol. The van der Waals surface area contributed by atoms with Gasteiger partial charge in [-0.2, -0.15) is 0 Å². The van der Waals surface area contributed by atoms with E-state index in [1.54, 1.807) is 6.20 Å². The molecule has 0 radical (unpaired) electrons. The molecule has 4 aromatic rings. The minimum atomic E-state index is -1.18. The van der Waals surface area contributed by atoms with Crippen LogP contribution in [0.4, 0.5) is 0 Å². The second kappa shape index (κ2) is 9.44. The van der Waals surface area contributed by atoms with E-state index >= 15 is 0 Å². The van der Waals surface area contributed by atoms with Gasteiger partial charge in [0, 0.05) is 45.3 Å². The minimum Gasteiger partial charge on any atom is -0.479 e. The number of aryl methyl sites for hydroxylation is 2. The predicted octanol–water partition coefficient (Wildman–Crippen LogP) is 6.67. The van der Waals surface area contributed by atoms with Crippen LogP contribution in [0.2, 0.25) is 5.02 Å². The Bertz CT molecular complexity index is 1390. The Morgan fingerprint density at radius 3 is 2.40 bits per heavy atom. The molecule has 0 aliphatic carbocycles. The number of carboxylic acids is 1. The second-order valence-electron chi connectivity index (χ2n) is 9.80. The van der Waals surface area contributed by atoms with Gasteiger partial charge in [-0.05, 0) is 76.4 Å². The van der Waals surface area contributed by atoms with Crippen LogP contribution in [0.3, 0.4) is 0 Å². The summed E-state index contributed by atoms with van der Waals surface area (Å²) in [6.07, 6.45) is 2.42. The Morgan fingerprint density at radius 2 is 1.83 bits per heavy atom. The van der Waals surface area contributed by atoms with Crippen molar-refractivity contribution < 1.29 is 14.6 Å². The number of ether oxygens (including phenoxy) is 1. The third-order valence-corrected chi connectivity index (χ3v) is 6.39. The fraction of sp³-hybridized carbons (Fsp3) is 0.321. The van der Waals surface area contributed by atoms with E-state index < -0.39 is 17.7 Å². The molecule has 0 aliphatic rings. The van der Waals surface area contributed by atoms with Crippen molar-refractivity contribution >= 4 is 28.6 Å². The van der Waals surface area contributed by atoms with Crippen molar-refractivity contribution in [3.05, 3.63) is 81.9 Å². The lowest BCUT2D eigenvalue weighted by molar-refractivity contribution is -0.160. The molecule has 3 heterocycles. The monoisotopic (exact) mass is 491 g/mol. The number of fused-ring (bicyclic) bond motifs is 1. The number of pyridine rings is 2. The van der Waals surface area contributed by atoms with Crippen LogP contribution in [0.15, 0.2) is 48.8 Å². The maximum absolute atomic E-state index is 12.5. The van der Waals surface area contributed by atoms with Crippen molar-refractivity contribution in [2.75, 3.05) is 0 Å². The molecule has 7 heteroatoms. The highest BCUT2D eigenvalue weighted by atomic mass is 35.5. The molecule has 35 heavy (non-hydrogen) atoms. The summed E-state index contributed by atoms with van der Waals surface area (Å²) >= 11 is 6.20. The van der Waals surface area contributed by atoms with Crippen molar-refractivity contribution in [3.8, 4) is 11.1 Å². The summed E-state index contributed by atoms with van der Waals surface area (Å²) < 4.78 is 8.26. The fourth-order valence-corrected chi connectivity index (χ4v) is 4.61. The van der Waals surface area contributed by atoms with Gasteiger partial charge in [-0.1, -0.05) is 29.8 Å². The third kappa shape index (κ3) is 4.95. The van der Waals surface area contributed by atoms with Gasteiger partial charge in [-0.15, -0.1) is 0 Å². The molecule has 0 saturated heterocycles. The van der Waals surface area contributed by atoms with Crippen LogP contribution in [0.1, 0.15) is 55.0 Å². The van der Waals surface area contributed by atoms with E-state index in [-0.39, 0.29) is 0 Å². The van der Waals surface area contributed by atoms with Gasteiger partial charge >= 0.3 is 5.97 Å². The zero-order chi connectivity index (χ0) is 25.5. The van der Waals surface area contributed by atoms with Crippen molar-refractivity contribution in [3.63, 3.8) is 0 Å². The summed E-state index contributed by atoms with van der Waals surface area (Å²) in [5, 5.41) is 11.8. The lowest BCUT2D eigenvalue weighted by Gasteiger charge is -2.28. The number of carboxylic acid groups (broad SMARTS) is 1.